The molecule has 0 bridgehead atoms. The first-order valence-electron chi connectivity index (χ1n) is 6.03. The Morgan fingerprint density at radius 3 is 2.44 bits per heavy atom. The van der Waals surface area contributed by atoms with Crippen LogP contribution in [-0.4, -0.2) is 19.1 Å². The molecular weight excluding hydrogens is 294 g/mol. The minimum Gasteiger partial charge on any atom is -0.382 e. The van der Waals surface area contributed by atoms with E-state index in [2.05, 4.69) is 21.2 Å². The van der Waals surface area contributed by atoms with E-state index in [-0.39, 0.29) is 12.0 Å². The van der Waals surface area contributed by atoms with Crippen LogP contribution in [0.2, 0.25) is 0 Å². The van der Waals surface area contributed by atoms with Gasteiger partial charge in [-0.25, -0.2) is 0 Å². The molecule has 0 saturated carbocycles. The molecule has 3 nitrogen and oxygen atoms in total. The highest BCUT2D eigenvalue weighted by atomic mass is 79.9. The molecule has 0 fully saturated rings. The summed E-state index contributed by atoms with van der Waals surface area (Å²) in [6, 6.07) is 4.00. The average molecular weight is 314 g/mol. The Kier molecular flexibility index (Phi) is 5.82. The fourth-order valence-corrected chi connectivity index (χ4v) is 2.45. The van der Waals surface area contributed by atoms with Gasteiger partial charge in [0.05, 0.1) is 6.10 Å². The number of hydrogen-bond donors (Lipinski definition) is 1. The third kappa shape index (κ3) is 4.42. The normalized spacial score (nSPS) is 12.3. The number of benzene rings is 1. The number of amides is 1. The third-order valence-corrected chi connectivity index (χ3v) is 3.40. The van der Waals surface area contributed by atoms with Gasteiger partial charge in [-0.15, -0.1) is 0 Å². The molecule has 0 aliphatic rings. The second kappa shape index (κ2) is 6.90. The second-order valence-corrected chi connectivity index (χ2v) is 5.46. The van der Waals surface area contributed by atoms with Gasteiger partial charge in [-0.05, 0) is 50.5 Å². The summed E-state index contributed by atoms with van der Waals surface area (Å²) in [5.74, 6) is 0.0347. The quantitative estimate of drug-likeness (QED) is 0.897. The zero-order chi connectivity index (χ0) is 13.7. The predicted molar refractivity (Wildman–Crippen MR) is 78.0 cm³/mol. The van der Waals surface area contributed by atoms with Crippen molar-refractivity contribution in [2.24, 2.45) is 0 Å². The van der Waals surface area contributed by atoms with Gasteiger partial charge in [-0.3, -0.25) is 4.79 Å². The van der Waals surface area contributed by atoms with Crippen molar-refractivity contribution in [3.63, 3.8) is 0 Å². The molecule has 0 aromatic heterocycles. The number of halogens is 1. The number of hydrogen-bond acceptors (Lipinski definition) is 2. The van der Waals surface area contributed by atoms with Crippen LogP contribution in [0.15, 0.2) is 16.6 Å². The highest BCUT2D eigenvalue weighted by Crippen LogP contribution is 2.25. The van der Waals surface area contributed by atoms with Crippen LogP contribution < -0.4 is 5.32 Å². The van der Waals surface area contributed by atoms with E-state index >= 15 is 0 Å². The van der Waals surface area contributed by atoms with Crippen molar-refractivity contribution in [3.8, 4) is 0 Å². The van der Waals surface area contributed by atoms with Gasteiger partial charge >= 0.3 is 0 Å². The Balaban J connectivity index is 2.65. The molecule has 0 radical (unpaired) electrons. The Labute approximate surface area is 117 Å². The van der Waals surface area contributed by atoms with Crippen molar-refractivity contribution in [2.75, 3.05) is 12.4 Å². The Morgan fingerprint density at radius 1 is 1.39 bits per heavy atom. The lowest BCUT2D eigenvalue weighted by Gasteiger charge is -2.13. The summed E-state index contributed by atoms with van der Waals surface area (Å²) in [4.78, 5) is 11.8. The predicted octanol–water partition coefficient (Wildman–Crippen LogP) is 3.82. The van der Waals surface area contributed by atoms with E-state index in [4.69, 9.17) is 4.74 Å². The van der Waals surface area contributed by atoms with Gasteiger partial charge in [0.25, 0.3) is 0 Å². The lowest BCUT2D eigenvalue weighted by molar-refractivity contribution is -0.116. The molecule has 1 amide bonds. The molecule has 1 aromatic carbocycles. The van der Waals surface area contributed by atoms with Crippen LogP contribution in [0.1, 0.15) is 30.9 Å². The van der Waals surface area contributed by atoms with E-state index < -0.39 is 0 Å². The van der Waals surface area contributed by atoms with Crippen molar-refractivity contribution in [1.82, 2.24) is 0 Å². The van der Waals surface area contributed by atoms with E-state index in [9.17, 15) is 4.79 Å². The number of methoxy groups -OCH3 is 1. The molecule has 0 saturated heterocycles. The molecule has 1 atom stereocenters. The zero-order valence-electron chi connectivity index (χ0n) is 11.3. The van der Waals surface area contributed by atoms with Crippen LogP contribution in [0.5, 0.6) is 0 Å². The van der Waals surface area contributed by atoms with Crippen LogP contribution in [-0.2, 0) is 9.53 Å². The molecule has 1 N–H and O–H groups in total. The summed E-state index contributed by atoms with van der Waals surface area (Å²) >= 11 is 3.44. The molecule has 1 rings (SSSR count). The minimum absolute atomic E-state index is 0.0347. The van der Waals surface area contributed by atoms with Crippen molar-refractivity contribution < 1.29 is 9.53 Å². The molecule has 0 heterocycles. The topological polar surface area (TPSA) is 38.3 Å². The lowest BCUT2D eigenvalue weighted by atomic mass is 10.1. The highest BCUT2D eigenvalue weighted by Gasteiger charge is 2.10. The van der Waals surface area contributed by atoms with Crippen LogP contribution in [0.4, 0.5) is 5.69 Å². The standard InChI is InChI=1S/C14H20BrNO2/c1-9-7-12(15)8-10(2)14(9)16-13(17)6-5-11(3)18-4/h7-8,11H,5-6H2,1-4H3,(H,16,17). The van der Waals surface area contributed by atoms with E-state index in [0.717, 1.165) is 27.7 Å². The van der Waals surface area contributed by atoms with Crippen LogP contribution in [0, 0.1) is 13.8 Å². The molecule has 4 heteroatoms. The number of anilines is 1. The van der Waals surface area contributed by atoms with Crippen LogP contribution in [0.3, 0.4) is 0 Å². The molecule has 0 spiro atoms. The largest absolute Gasteiger partial charge is 0.382 e. The summed E-state index contributed by atoms with van der Waals surface area (Å²) in [7, 11) is 1.66. The average Bonchev–Trinajstić information content (AvgIpc) is 2.30. The fraction of sp³-hybridized carbons (Fsp3) is 0.500. The number of aryl methyl sites for hydroxylation is 2. The van der Waals surface area contributed by atoms with Crippen LogP contribution >= 0.6 is 15.9 Å². The highest BCUT2D eigenvalue weighted by molar-refractivity contribution is 9.10. The molecule has 1 unspecified atom stereocenters. The van der Waals surface area contributed by atoms with Crippen molar-refractivity contribution in [3.05, 3.63) is 27.7 Å². The maximum absolute atomic E-state index is 11.8. The van der Waals surface area contributed by atoms with Gasteiger partial charge in [0.2, 0.25) is 5.91 Å². The monoisotopic (exact) mass is 313 g/mol. The van der Waals surface area contributed by atoms with Gasteiger partial charge in [0, 0.05) is 23.7 Å². The first kappa shape index (κ1) is 15.2. The van der Waals surface area contributed by atoms with Gasteiger partial charge in [0.1, 0.15) is 0 Å². The first-order chi connectivity index (χ1) is 8.43. The van der Waals surface area contributed by atoms with Crippen molar-refractivity contribution >= 4 is 27.5 Å². The van der Waals surface area contributed by atoms with E-state index in [0.29, 0.717) is 6.42 Å². The SMILES string of the molecule is COC(C)CCC(=O)Nc1c(C)cc(Br)cc1C. The van der Waals surface area contributed by atoms with E-state index in [1.807, 2.05) is 32.9 Å². The summed E-state index contributed by atoms with van der Waals surface area (Å²) in [5, 5.41) is 2.97. The minimum atomic E-state index is 0.0347. The zero-order valence-corrected chi connectivity index (χ0v) is 12.9. The molecule has 18 heavy (non-hydrogen) atoms. The number of ether oxygens (including phenoxy) is 1. The Bertz CT molecular complexity index is 409. The van der Waals surface area contributed by atoms with E-state index in [1.165, 1.54) is 0 Å². The number of rotatable bonds is 5. The third-order valence-electron chi connectivity index (χ3n) is 2.94. The number of nitrogens with one attached hydrogen (secondary N) is 1. The summed E-state index contributed by atoms with van der Waals surface area (Å²) in [6.45, 7) is 5.94. The lowest BCUT2D eigenvalue weighted by Crippen LogP contribution is -2.16. The van der Waals surface area contributed by atoms with Crippen molar-refractivity contribution in [2.45, 2.75) is 39.7 Å². The maximum atomic E-state index is 11.8. The van der Waals surface area contributed by atoms with E-state index in [1.54, 1.807) is 7.11 Å². The molecule has 1 aromatic rings. The molecular formula is C14H20BrNO2. The summed E-state index contributed by atoms with van der Waals surface area (Å²) in [6.07, 6.45) is 1.32. The Hall–Kier alpha value is -0.870. The molecule has 0 aliphatic heterocycles. The van der Waals surface area contributed by atoms with Gasteiger partial charge in [-0.2, -0.15) is 0 Å². The molecule has 0 aliphatic carbocycles. The maximum Gasteiger partial charge on any atom is 0.224 e. The van der Waals surface area contributed by atoms with Gasteiger partial charge < -0.3 is 10.1 Å². The number of carbonyl (C=O) groups excluding carboxylic acids is 1. The van der Waals surface area contributed by atoms with Crippen LogP contribution in [0.25, 0.3) is 0 Å². The summed E-state index contributed by atoms with van der Waals surface area (Å²) < 4.78 is 6.16. The van der Waals surface area contributed by atoms with Gasteiger partial charge in [-0.1, -0.05) is 15.9 Å². The number of carbonyl (C=O) groups is 1. The second-order valence-electron chi connectivity index (χ2n) is 4.55. The Morgan fingerprint density at radius 2 is 1.94 bits per heavy atom. The smallest absolute Gasteiger partial charge is 0.224 e. The molecule has 100 valence electrons. The fourth-order valence-electron chi connectivity index (χ4n) is 1.76. The first-order valence-corrected chi connectivity index (χ1v) is 6.82. The van der Waals surface area contributed by atoms with Gasteiger partial charge in [0.15, 0.2) is 0 Å². The summed E-state index contributed by atoms with van der Waals surface area (Å²) in [5.41, 5.74) is 3.04. The van der Waals surface area contributed by atoms with Crippen molar-refractivity contribution in [1.29, 1.82) is 0 Å².